The van der Waals surface area contributed by atoms with Crippen LogP contribution in [0.4, 0.5) is 0 Å². The van der Waals surface area contributed by atoms with Gasteiger partial charge >= 0.3 is 0 Å². The van der Waals surface area contributed by atoms with Gasteiger partial charge in [0.05, 0.1) is 6.20 Å². The second-order valence-corrected chi connectivity index (χ2v) is 4.47. The molecule has 0 aliphatic carbocycles. The quantitative estimate of drug-likeness (QED) is 0.873. The molecule has 1 aromatic heterocycles. The molecular weight excluding hydrogens is 210 g/mol. The Balaban J connectivity index is 2.02. The van der Waals surface area contributed by atoms with E-state index >= 15 is 0 Å². The topological polar surface area (TPSA) is 29.9 Å². The van der Waals surface area contributed by atoms with Crippen LogP contribution in [0, 0.1) is 0 Å². The Kier molecular flexibility index (Phi) is 3.59. The number of rotatable bonds is 4. The van der Waals surface area contributed by atoms with Crippen LogP contribution in [0.5, 0.6) is 0 Å². The summed E-state index contributed by atoms with van der Waals surface area (Å²) >= 11 is 0. The summed E-state index contributed by atoms with van der Waals surface area (Å²) in [6.07, 6.45) is 3.96. The van der Waals surface area contributed by atoms with E-state index in [1.807, 2.05) is 24.0 Å². The minimum absolute atomic E-state index is 0.305. The Hall–Kier alpha value is -1.61. The van der Waals surface area contributed by atoms with Crippen molar-refractivity contribution in [3.05, 3.63) is 53.9 Å². The minimum atomic E-state index is 0.305. The Morgan fingerprint density at radius 1 is 1.06 bits per heavy atom. The summed E-state index contributed by atoms with van der Waals surface area (Å²) in [6, 6.07) is 11.1. The van der Waals surface area contributed by atoms with Crippen LogP contribution in [0.1, 0.15) is 37.1 Å². The molecule has 17 heavy (non-hydrogen) atoms. The van der Waals surface area contributed by atoms with E-state index in [2.05, 4.69) is 54.7 Å². The van der Waals surface area contributed by atoms with Crippen molar-refractivity contribution >= 4 is 0 Å². The highest BCUT2D eigenvalue weighted by Gasteiger charge is 2.11. The first-order valence-electron chi connectivity index (χ1n) is 5.96. The summed E-state index contributed by atoms with van der Waals surface area (Å²) in [5.41, 5.74) is 2.53. The van der Waals surface area contributed by atoms with Crippen LogP contribution in [0.25, 0.3) is 0 Å². The lowest BCUT2D eigenvalue weighted by atomic mass is 10.1. The van der Waals surface area contributed by atoms with Gasteiger partial charge in [-0.2, -0.15) is 5.10 Å². The van der Waals surface area contributed by atoms with Gasteiger partial charge in [-0.1, -0.05) is 30.3 Å². The van der Waals surface area contributed by atoms with E-state index in [9.17, 15) is 0 Å². The molecular formula is C14H19N3. The molecule has 0 radical (unpaired) electrons. The molecule has 3 heteroatoms. The van der Waals surface area contributed by atoms with Crippen molar-refractivity contribution in [1.29, 1.82) is 0 Å². The van der Waals surface area contributed by atoms with Gasteiger partial charge in [-0.15, -0.1) is 0 Å². The summed E-state index contributed by atoms with van der Waals surface area (Å²) < 4.78 is 1.83. The molecule has 1 unspecified atom stereocenters. The summed E-state index contributed by atoms with van der Waals surface area (Å²) in [7, 11) is 1.94. The number of hydrogen-bond acceptors (Lipinski definition) is 2. The number of nitrogens with zero attached hydrogens (tertiary/aromatic N) is 2. The molecule has 90 valence electrons. The number of benzene rings is 1. The van der Waals surface area contributed by atoms with Crippen molar-refractivity contribution < 1.29 is 0 Å². The molecule has 0 bridgehead atoms. The third-order valence-corrected chi connectivity index (χ3v) is 3.02. The standard InChI is InChI=1S/C14H19N3/c1-11(13-7-5-4-6-8-13)16-12(2)14-9-15-17(3)10-14/h4-12,16H,1-3H3/t11-,12?/m0/s1. The van der Waals surface area contributed by atoms with Gasteiger partial charge in [-0.3, -0.25) is 4.68 Å². The van der Waals surface area contributed by atoms with E-state index in [1.54, 1.807) is 0 Å². The lowest BCUT2D eigenvalue weighted by Gasteiger charge is -2.19. The minimum Gasteiger partial charge on any atom is -0.304 e. The van der Waals surface area contributed by atoms with E-state index in [0.29, 0.717) is 12.1 Å². The van der Waals surface area contributed by atoms with Crippen LogP contribution < -0.4 is 5.32 Å². The molecule has 1 aromatic carbocycles. The van der Waals surface area contributed by atoms with Gasteiger partial charge in [-0.25, -0.2) is 0 Å². The highest BCUT2D eigenvalue weighted by Crippen LogP contribution is 2.18. The van der Waals surface area contributed by atoms with Crippen LogP contribution in [-0.4, -0.2) is 9.78 Å². The molecule has 1 N–H and O–H groups in total. The van der Waals surface area contributed by atoms with Gasteiger partial charge < -0.3 is 5.32 Å². The zero-order valence-corrected chi connectivity index (χ0v) is 10.6. The number of aryl methyl sites for hydroxylation is 1. The maximum atomic E-state index is 4.19. The van der Waals surface area contributed by atoms with Crippen molar-refractivity contribution in [2.45, 2.75) is 25.9 Å². The zero-order chi connectivity index (χ0) is 12.3. The number of hydrogen-bond donors (Lipinski definition) is 1. The van der Waals surface area contributed by atoms with Crippen molar-refractivity contribution in [3.8, 4) is 0 Å². The SMILES string of the molecule is CC(N[C@@H](C)c1ccccc1)c1cnn(C)c1. The Morgan fingerprint density at radius 3 is 2.29 bits per heavy atom. The average Bonchev–Trinajstić information content (AvgIpc) is 2.77. The first-order valence-corrected chi connectivity index (χ1v) is 5.96. The predicted octanol–water partition coefficient (Wildman–Crippen LogP) is 2.83. The molecule has 0 saturated carbocycles. The van der Waals surface area contributed by atoms with Crippen molar-refractivity contribution in [2.75, 3.05) is 0 Å². The van der Waals surface area contributed by atoms with E-state index in [-0.39, 0.29) is 0 Å². The molecule has 0 aliphatic rings. The maximum absolute atomic E-state index is 4.19. The molecule has 2 rings (SSSR count). The van der Waals surface area contributed by atoms with Crippen molar-refractivity contribution in [3.63, 3.8) is 0 Å². The fourth-order valence-electron chi connectivity index (χ4n) is 1.97. The largest absolute Gasteiger partial charge is 0.304 e. The highest BCUT2D eigenvalue weighted by atomic mass is 15.2. The van der Waals surface area contributed by atoms with Crippen LogP contribution in [-0.2, 0) is 7.05 Å². The van der Waals surface area contributed by atoms with Crippen molar-refractivity contribution in [2.24, 2.45) is 7.05 Å². The lowest BCUT2D eigenvalue weighted by molar-refractivity contribution is 0.494. The van der Waals surface area contributed by atoms with E-state index in [4.69, 9.17) is 0 Å². The summed E-state index contributed by atoms with van der Waals surface area (Å²) in [5, 5.41) is 7.77. The van der Waals surface area contributed by atoms with Gasteiger partial charge in [0, 0.05) is 30.9 Å². The smallest absolute Gasteiger partial charge is 0.0537 e. The Bertz CT molecular complexity index is 461. The first-order chi connectivity index (χ1) is 8.16. The van der Waals surface area contributed by atoms with E-state index in [0.717, 1.165) is 0 Å². The normalized spacial score (nSPS) is 14.5. The average molecular weight is 229 g/mol. The molecule has 2 aromatic rings. The van der Waals surface area contributed by atoms with Crippen LogP contribution in [0.3, 0.4) is 0 Å². The molecule has 0 amide bonds. The third-order valence-electron chi connectivity index (χ3n) is 3.02. The van der Waals surface area contributed by atoms with E-state index < -0.39 is 0 Å². The molecule has 0 fully saturated rings. The zero-order valence-electron chi connectivity index (χ0n) is 10.6. The van der Waals surface area contributed by atoms with Crippen LogP contribution in [0.2, 0.25) is 0 Å². The van der Waals surface area contributed by atoms with Gasteiger partial charge in [-0.05, 0) is 19.4 Å². The van der Waals surface area contributed by atoms with Crippen molar-refractivity contribution in [1.82, 2.24) is 15.1 Å². The molecule has 0 spiro atoms. The summed E-state index contributed by atoms with van der Waals surface area (Å²) in [6.45, 7) is 4.35. The first kappa shape index (κ1) is 11.9. The predicted molar refractivity (Wildman–Crippen MR) is 69.6 cm³/mol. The third kappa shape index (κ3) is 2.94. The molecule has 0 saturated heterocycles. The number of nitrogens with one attached hydrogen (secondary N) is 1. The van der Waals surface area contributed by atoms with Crippen LogP contribution in [0.15, 0.2) is 42.7 Å². The molecule has 2 atom stereocenters. The molecule has 0 aliphatic heterocycles. The fourth-order valence-corrected chi connectivity index (χ4v) is 1.97. The van der Waals surface area contributed by atoms with Gasteiger partial charge in [0.1, 0.15) is 0 Å². The second-order valence-electron chi connectivity index (χ2n) is 4.47. The van der Waals surface area contributed by atoms with E-state index in [1.165, 1.54) is 11.1 Å². The van der Waals surface area contributed by atoms with Gasteiger partial charge in [0.2, 0.25) is 0 Å². The second kappa shape index (κ2) is 5.15. The highest BCUT2D eigenvalue weighted by molar-refractivity contribution is 5.19. The van der Waals surface area contributed by atoms with Gasteiger partial charge in [0.15, 0.2) is 0 Å². The Morgan fingerprint density at radius 2 is 1.71 bits per heavy atom. The Labute approximate surface area is 102 Å². The monoisotopic (exact) mass is 229 g/mol. The van der Waals surface area contributed by atoms with Crippen LogP contribution >= 0.6 is 0 Å². The maximum Gasteiger partial charge on any atom is 0.0537 e. The summed E-state index contributed by atoms with van der Waals surface area (Å²) in [4.78, 5) is 0. The summed E-state index contributed by atoms with van der Waals surface area (Å²) in [5.74, 6) is 0. The van der Waals surface area contributed by atoms with Gasteiger partial charge in [0.25, 0.3) is 0 Å². The lowest BCUT2D eigenvalue weighted by Crippen LogP contribution is -2.22. The molecule has 1 heterocycles. The molecule has 3 nitrogen and oxygen atoms in total. The fraction of sp³-hybridized carbons (Fsp3) is 0.357. The number of aromatic nitrogens is 2.